The highest BCUT2D eigenvalue weighted by molar-refractivity contribution is 5.85. The lowest BCUT2D eigenvalue weighted by molar-refractivity contribution is -0.131. The summed E-state index contributed by atoms with van der Waals surface area (Å²) in [4.78, 5) is 10.4. The number of halogens is 1. The average molecular weight is 242 g/mol. The van der Waals surface area contributed by atoms with Crippen molar-refractivity contribution in [2.24, 2.45) is 0 Å². The predicted octanol–water partition coefficient (Wildman–Crippen LogP) is 3.59. The van der Waals surface area contributed by atoms with Crippen molar-refractivity contribution in [2.45, 2.75) is 0 Å². The summed E-state index contributed by atoms with van der Waals surface area (Å²) in [6, 6.07) is 13.6. The molecule has 0 saturated heterocycles. The standard InChI is InChI=1S/C15H11FO2/c16-14-8-6-13(7-9-14)12-4-1-11(2-5-12)3-10-15(17)18/h1-10H,(H,17,18)/b10-3-. The van der Waals surface area contributed by atoms with Gasteiger partial charge in [0.25, 0.3) is 0 Å². The summed E-state index contributed by atoms with van der Waals surface area (Å²) >= 11 is 0. The Morgan fingerprint density at radius 1 is 0.944 bits per heavy atom. The van der Waals surface area contributed by atoms with Crippen LogP contribution in [0.5, 0.6) is 0 Å². The molecule has 3 heteroatoms. The van der Waals surface area contributed by atoms with Gasteiger partial charge in [-0.25, -0.2) is 9.18 Å². The van der Waals surface area contributed by atoms with Crippen LogP contribution in [0, 0.1) is 5.82 Å². The van der Waals surface area contributed by atoms with E-state index < -0.39 is 5.97 Å². The first-order valence-corrected chi connectivity index (χ1v) is 5.42. The smallest absolute Gasteiger partial charge is 0.328 e. The van der Waals surface area contributed by atoms with Gasteiger partial charge in [-0.1, -0.05) is 36.4 Å². The molecule has 0 atom stereocenters. The second kappa shape index (κ2) is 5.27. The second-order valence-corrected chi connectivity index (χ2v) is 3.80. The zero-order valence-electron chi connectivity index (χ0n) is 9.51. The van der Waals surface area contributed by atoms with Gasteiger partial charge in [0.1, 0.15) is 5.82 Å². The Morgan fingerprint density at radius 2 is 1.44 bits per heavy atom. The van der Waals surface area contributed by atoms with Crippen molar-refractivity contribution in [3.63, 3.8) is 0 Å². The largest absolute Gasteiger partial charge is 0.478 e. The summed E-state index contributed by atoms with van der Waals surface area (Å²) in [5, 5.41) is 8.51. The Labute approximate surface area is 104 Å². The average Bonchev–Trinajstić information content (AvgIpc) is 2.38. The number of carbonyl (C=O) groups is 1. The molecule has 0 amide bonds. The molecule has 90 valence electrons. The van der Waals surface area contributed by atoms with E-state index in [9.17, 15) is 9.18 Å². The van der Waals surface area contributed by atoms with Crippen LogP contribution in [0.4, 0.5) is 4.39 Å². The molecule has 0 radical (unpaired) electrons. The van der Waals surface area contributed by atoms with Crippen molar-refractivity contribution >= 4 is 12.0 Å². The molecule has 0 bridgehead atoms. The summed E-state index contributed by atoms with van der Waals surface area (Å²) in [5.41, 5.74) is 2.69. The Balaban J connectivity index is 2.22. The third-order valence-electron chi connectivity index (χ3n) is 2.51. The van der Waals surface area contributed by atoms with E-state index in [0.717, 1.165) is 22.8 Å². The zero-order chi connectivity index (χ0) is 13.0. The molecule has 2 aromatic carbocycles. The Bertz CT molecular complexity index is 568. The fourth-order valence-electron chi connectivity index (χ4n) is 1.60. The maximum Gasteiger partial charge on any atom is 0.328 e. The van der Waals surface area contributed by atoms with Gasteiger partial charge < -0.3 is 5.11 Å². The van der Waals surface area contributed by atoms with Gasteiger partial charge >= 0.3 is 5.97 Å². The number of aliphatic carboxylic acids is 1. The first-order chi connectivity index (χ1) is 8.65. The molecule has 1 N–H and O–H groups in total. The lowest BCUT2D eigenvalue weighted by Gasteiger charge is -2.02. The number of hydrogen-bond donors (Lipinski definition) is 1. The molecule has 2 nitrogen and oxygen atoms in total. The number of benzene rings is 2. The van der Waals surface area contributed by atoms with Gasteiger partial charge in [0.2, 0.25) is 0 Å². The molecule has 0 aromatic heterocycles. The zero-order valence-corrected chi connectivity index (χ0v) is 9.51. The van der Waals surface area contributed by atoms with Crippen molar-refractivity contribution < 1.29 is 14.3 Å². The third kappa shape index (κ3) is 3.04. The molecule has 0 spiro atoms. The van der Waals surface area contributed by atoms with Crippen LogP contribution in [0.25, 0.3) is 17.2 Å². The maximum atomic E-state index is 12.8. The first kappa shape index (κ1) is 12.0. The van der Waals surface area contributed by atoms with E-state index in [0.29, 0.717) is 0 Å². The van der Waals surface area contributed by atoms with Crippen molar-refractivity contribution in [2.75, 3.05) is 0 Å². The number of carboxylic acid groups (broad SMARTS) is 1. The predicted molar refractivity (Wildman–Crippen MR) is 68.5 cm³/mol. The highest BCUT2D eigenvalue weighted by atomic mass is 19.1. The van der Waals surface area contributed by atoms with Gasteiger partial charge in [0.15, 0.2) is 0 Å². The van der Waals surface area contributed by atoms with Crippen molar-refractivity contribution in [3.8, 4) is 11.1 Å². The Hall–Kier alpha value is -2.42. The van der Waals surface area contributed by atoms with Gasteiger partial charge in [-0.3, -0.25) is 0 Å². The summed E-state index contributed by atoms with van der Waals surface area (Å²) in [6.07, 6.45) is 2.61. The number of rotatable bonds is 3. The maximum absolute atomic E-state index is 12.8. The molecule has 0 aliphatic carbocycles. The van der Waals surface area contributed by atoms with E-state index in [1.54, 1.807) is 12.1 Å². The van der Waals surface area contributed by atoms with E-state index in [-0.39, 0.29) is 5.82 Å². The van der Waals surface area contributed by atoms with Crippen molar-refractivity contribution in [3.05, 3.63) is 66.0 Å². The lowest BCUT2D eigenvalue weighted by atomic mass is 10.0. The normalized spacial score (nSPS) is 10.7. The van der Waals surface area contributed by atoms with Gasteiger partial charge in [0.05, 0.1) is 0 Å². The van der Waals surface area contributed by atoms with Gasteiger partial charge in [0, 0.05) is 6.08 Å². The summed E-state index contributed by atoms with van der Waals surface area (Å²) < 4.78 is 12.8. The van der Waals surface area contributed by atoms with Gasteiger partial charge in [-0.15, -0.1) is 0 Å². The topological polar surface area (TPSA) is 37.3 Å². The number of hydrogen-bond acceptors (Lipinski definition) is 1. The van der Waals surface area contributed by atoms with E-state index in [4.69, 9.17) is 5.11 Å². The summed E-state index contributed by atoms with van der Waals surface area (Å²) in [6.45, 7) is 0. The summed E-state index contributed by atoms with van der Waals surface area (Å²) in [7, 11) is 0. The van der Waals surface area contributed by atoms with Gasteiger partial charge in [-0.05, 0) is 34.9 Å². The van der Waals surface area contributed by atoms with Crippen LogP contribution in [-0.2, 0) is 4.79 Å². The van der Waals surface area contributed by atoms with E-state index in [2.05, 4.69) is 0 Å². The highest BCUT2D eigenvalue weighted by Crippen LogP contribution is 2.20. The minimum absolute atomic E-state index is 0.264. The second-order valence-electron chi connectivity index (χ2n) is 3.80. The summed E-state index contributed by atoms with van der Waals surface area (Å²) in [5.74, 6) is -1.24. The molecule has 0 fully saturated rings. The van der Waals surface area contributed by atoms with Crippen LogP contribution in [0.1, 0.15) is 5.56 Å². The van der Waals surface area contributed by atoms with Crippen LogP contribution in [0.15, 0.2) is 54.6 Å². The van der Waals surface area contributed by atoms with Crippen LogP contribution in [-0.4, -0.2) is 11.1 Å². The molecule has 2 aromatic rings. The first-order valence-electron chi connectivity index (χ1n) is 5.42. The molecule has 0 heterocycles. The van der Waals surface area contributed by atoms with Crippen LogP contribution < -0.4 is 0 Å². The van der Waals surface area contributed by atoms with Crippen molar-refractivity contribution in [1.82, 2.24) is 0 Å². The number of carboxylic acids is 1. The van der Waals surface area contributed by atoms with Crippen LogP contribution >= 0.6 is 0 Å². The molecule has 2 rings (SSSR count). The molecule has 0 aliphatic rings. The van der Waals surface area contributed by atoms with E-state index in [1.165, 1.54) is 18.2 Å². The molecular weight excluding hydrogens is 231 g/mol. The van der Waals surface area contributed by atoms with E-state index >= 15 is 0 Å². The minimum atomic E-state index is -0.974. The fourth-order valence-corrected chi connectivity index (χ4v) is 1.60. The molecule has 0 saturated carbocycles. The third-order valence-corrected chi connectivity index (χ3v) is 2.51. The quantitative estimate of drug-likeness (QED) is 0.835. The minimum Gasteiger partial charge on any atom is -0.478 e. The molecule has 18 heavy (non-hydrogen) atoms. The Morgan fingerprint density at radius 3 is 1.94 bits per heavy atom. The lowest BCUT2D eigenvalue weighted by Crippen LogP contribution is -1.85. The Kier molecular flexibility index (Phi) is 3.53. The van der Waals surface area contributed by atoms with Gasteiger partial charge in [-0.2, -0.15) is 0 Å². The van der Waals surface area contributed by atoms with Crippen LogP contribution in [0.3, 0.4) is 0 Å². The monoisotopic (exact) mass is 242 g/mol. The SMILES string of the molecule is O=C(O)/C=C\c1ccc(-c2ccc(F)cc2)cc1. The highest BCUT2D eigenvalue weighted by Gasteiger charge is 1.98. The van der Waals surface area contributed by atoms with Crippen LogP contribution in [0.2, 0.25) is 0 Å². The van der Waals surface area contributed by atoms with E-state index in [1.807, 2.05) is 24.3 Å². The fraction of sp³-hybridized carbons (Fsp3) is 0. The molecule has 0 unspecified atom stereocenters. The molecular formula is C15H11FO2. The molecule has 0 aliphatic heterocycles. The van der Waals surface area contributed by atoms with Crippen molar-refractivity contribution in [1.29, 1.82) is 0 Å².